The number of carbonyl (C=O) groups is 1. The van der Waals surface area contributed by atoms with Gasteiger partial charge in [-0.25, -0.2) is 0 Å². The minimum absolute atomic E-state index is 0. The summed E-state index contributed by atoms with van der Waals surface area (Å²) >= 11 is 0. The highest BCUT2D eigenvalue weighted by atomic mass is 35.5. The van der Waals surface area contributed by atoms with Crippen LogP contribution in [-0.2, 0) is 0 Å². The molecule has 4 nitrogen and oxygen atoms in total. The second kappa shape index (κ2) is 8.12. The van der Waals surface area contributed by atoms with E-state index in [2.05, 4.69) is 5.32 Å². The van der Waals surface area contributed by atoms with Crippen LogP contribution in [0.5, 0.6) is 0 Å². The van der Waals surface area contributed by atoms with Gasteiger partial charge in [-0.15, -0.1) is 12.4 Å². The van der Waals surface area contributed by atoms with E-state index in [1.54, 1.807) is 24.3 Å². The molecular weight excluding hydrogens is 276 g/mol. The van der Waals surface area contributed by atoms with E-state index in [0.29, 0.717) is 23.7 Å². The Morgan fingerprint density at radius 2 is 2.05 bits per heavy atom. The number of anilines is 1. The van der Waals surface area contributed by atoms with Gasteiger partial charge in [-0.2, -0.15) is 0 Å². The summed E-state index contributed by atoms with van der Waals surface area (Å²) in [6.45, 7) is 0.318. The lowest BCUT2D eigenvalue weighted by Crippen LogP contribution is -2.37. The number of benzene rings is 1. The summed E-state index contributed by atoms with van der Waals surface area (Å²) in [5.41, 5.74) is 6.75. The third kappa shape index (κ3) is 4.69. The van der Waals surface area contributed by atoms with E-state index in [9.17, 15) is 9.90 Å². The zero-order valence-corrected chi connectivity index (χ0v) is 12.4. The van der Waals surface area contributed by atoms with E-state index < -0.39 is 6.10 Å². The molecule has 112 valence electrons. The molecule has 5 heteroatoms. The summed E-state index contributed by atoms with van der Waals surface area (Å²) in [6, 6.07) is 6.86. The molecule has 0 radical (unpaired) electrons. The van der Waals surface area contributed by atoms with Gasteiger partial charge in [-0.05, 0) is 37.0 Å². The number of hydrogen-bond donors (Lipinski definition) is 3. The molecule has 0 spiro atoms. The van der Waals surface area contributed by atoms with Gasteiger partial charge in [0.25, 0.3) is 5.91 Å². The molecule has 1 amide bonds. The largest absolute Gasteiger partial charge is 0.399 e. The lowest BCUT2D eigenvalue weighted by Gasteiger charge is -2.26. The molecule has 20 heavy (non-hydrogen) atoms. The van der Waals surface area contributed by atoms with Crippen LogP contribution in [-0.4, -0.2) is 23.7 Å². The molecular formula is C15H23ClN2O2. The number of nitrogens with two attached hydrogens (primary N) is 1. The minimum atomic E-state index is -0.440. The van der Waals surface area contributed by atoms with E-state index in [-0.39, 0.29) is 18.3 Å². The van der Waals surface area contributed by atoms with Gasteiger partial charge in [-0.3, -0.25) is 4.79 Å². The second-order valence-corrected chi connectivity index (χ2v) is 5.30. The maximum atomic E-state index is 11.9. The number of aliphatic hydroxyl groups excluding tert-OH is 1. The fourth-order valence-electron chi connectivity index (χ4n) is 2.66. The number of nitrogen functional groups attached to an aromatic ring is 1. The van der Waals surface area contributed by atoms with Crippen LogP contribution in [0.1, 0.15) is 42.5 Å². The summed E-state index contributed by atoms with van der Waals surface area (Å²) in [4.78, 5) is 11.9. The van der Waals surface area contributed by atoms with Gasteiger partial charge in [0, 0.05) is 17.8 Å². The molecule has 0 saturated heterocycles. The molecule has 0 aliphatic heterocycles. The van der Waals surface area contributed by atoms with Crippen molar-refractivity contribution in [1.82, 2.24) is 5.32 Å². The van der Waals surface area contributed by atoms with Crippen LogP contribution in [0.2, 0.25) is 0 Å². The minimum Gasteiger partial charge on any atom is -0.399 e. The van der Waals surface area contributed by atoms with Crippen molar-refractivity contribution in [1.29, 1.82) is 0 Å². The SMILES string of the molecule is Cl.Nc1cccc(C(=O)NCC(O)C2CCCCC2)c1. The van der Waals surface area contributed by atoms with Crippen molar-refractivity contribution in [3.05, 3.63) is 29.8 Å². The number of aliphatic hydroxyl groups is 1. The van der Waals surface area contributed by atoms with Gasteiger partial charge in [0.2, 0.25) is 0 Å². The zero-order chi connectivity index (χ0) is 13.7. The van der Waals surface area contributed by atoms with E-state index >= 15 is 0 Å². The average molecular weight is 299 g/mol. The first kappa shape index (κ1) is 16.8. The van der Waals surface area contributed by atoms with Crippen LogP contribution < -0.4 is 11.1 Å². The van der Waals surface area contributed by atoms with Crippen LogP contribution >= 0.6 is 12.4 Å². The predicted octanol–water partition coefficient (Wildman–Crippen LogP) is 2.36. The molecule has 1 aromatic rings. The first-order chi connectivity index (χ1) is 9.16. The smallest absolute Gasteiger partial charge is 0.251 e. The van der Waals surface area contributed by atoms with Crippen LogP contribution in [0.4, 0.5) is 5.69 Å². The highest BCUT2D eigenvalue weighted by Gasteiger charge is 2.22. The molecule has 1 aliphatic carbocycles. The number of halogens is 1. The monoisotopic (exact) mass is 298 g/mol. The van der Waals surface area contributed by atoms with Crippen LogP contribution in [0.25, 0.3) is 0 Å². The topological polar surface area (TPSA) is 75.4 Å². The Morgan fingerprint density at radius 3 is 2.70 bits per heavy atom. The van der Waals surface area contributed by atoms with Gasteiger partial charge in [0.15, 0.2) is 0 Å². The molecule has 1 aliphatic rings. The fourth-order valence-corrected chi connectivity index (χ4v) is 2.66. The van der Waals surface area contributed by atoms with Crippen molar-refractivity contribution < 1.29 is 9.90 Å². The Labute approximate surface area is 126 Å². The van der Waals surface area contributed by atoms with E-state index in [1.807, 2.05) is 0 Å². The van der Waals surface area contributed by atoms with Gasteiger partial charge in [0.05, 0.1) is 6.10 Å². The third-order valence-corrected chi connectivity index (χ3v) is 3.81. The van der Waals surface area contributed by atoms with Gasteiger partial charge >= 0.3 is 0 Å². The quantitative estimate of drug-likeness (QED) is 0.747. The highest BCUT2D eigenvalue weighted by molar-refractivity contribution is 5.94. The molecule has 1 saturated carbocycles. The van der Waals surface area contributed by atoms with E-state index in [4.69, 9.17) is 5.73 Å². The first-order valence-electron chi connectivity index (χ1n) is 6.98. The molecule has 4 N–H and O–H groups in total. The van der Waals surface area contributed by atoms with Crippen LogP contribution in [0, 0.1) is 5.92 Å². The lowest BCUT2D eigenvalue weighted by molar-refractivity contribution is 0.0738. The number of carbonyl (C=O) groups excluding carboxylic acids is 1. The normalized spacial score (nSPS) is 17.1. The van der Waals surface area contributed by atoms with Crippen molar-refractivity contribution in [3.8, 4) is 0 Å². The molecule has 0 aromatic heterocycles. The van der Waals surface area contributed by atoms with E-state index in [1.165, 1.54) is 19.3 Å². The van der Waals surface area contributed by atoms with Crippen LogP contribution in [0.15, 0.2) is 24.3 Å². The van der Waals surface area contributed by atoms with Crippen molar-refractivity contribution in [2.24, 2.45) is 5.92 Å². The van der Waals surface area contributed by atoms with Crippen LogP contribution in [0.3, 0.4) is 0 Å². The van der Waals surface area contributed by atoms with Crippen molar-refractivity contribution in [2.75, 3.05) is 12.3 Å². The Bertz CT molecular complexity index is 434. The maximum absolute atomic E-state index is 11.9. The maximum Gasteiger partial charge on any atom is 0.251 e. The molecule has 0 heterocycles. The summed E-state index contributed by atoms with van der Waals surface area (Å²) < 4.78 is 0. The second-order valence-electron chi connectivity index (χ2n) is 5.30. The lowest BCUT2D eigenvalue weighted by atomic mass is 9.85. The molecule has 2 rings (SSSR count). The predicted molar refractivity (Wildman–Crippen MR) is 83.0 cm³/mol. The Morgan fingerprint density at radius 1 is 1.35 bits per heavy atom. The third-order valence-electron chi connectivity index (χ3n) is 3.81. The number of nitrogens with one attached hydrogen (secondary N) is 1. The van der Waals surface area contributed by atoms with Crippen molar-refractivity contribution in [2.45, 2.75) is 38.2 Å². The number of hydrogen-bond acceptors (Lipinski definition) is 3. The molecule has 1 atom stereocenters. The summed E-state index contributed by atoms with van der Waals surface area (Å²) in [6.07, 6.45) is 5.32. The fraction of sp³-hybridized carbons (Fsp3) is 0.533. The first-order valence-corrected chi connectivity index (χ1v) is 6.98. The molecule has 1 aromatic carbocycles. The van der Waals surface area contributed by atoms with Crippen molar-refractivity contribution in [3.63, 3.8) is 0 Å². The average Bonchev–Trinajstić information content (AvgIpc) is 2.45. The van der Waals surface area contributed by atoms with Gasteiger partial charge in [-0.1, -0.05) is 25.3 Å². The Hall–Kier alpha value is -1.26. The standard InChI is InChI=1S/C15H22N2O2.ClH/c16-13-8-4-7-12(9-13)15(19)17-10-14(18)11-5-2-1-3-6-11;/h4,7-9,11,14,18H,1-3,5-6,10,16H2,(H,17,19);1H. The zero-order valence-electron chi connectivity index (χ0n) is 11.5. The molecule has 1 fully saturated rings. The highest BCUT2D eigenvalue weighted by Crippen LogP contribution is 2.26. The van der Waals surface area contributed by atoms with Gasteiger partial charge in [0.1, 0.15) is 0 Å². The summed E-state index contributed by atoms with van der Waals surface area (Å²) in [5.74, 6) is 0.150. The molecule has 0 bridgehead atoms. The number of rotatable bonds is 4. The Balaban J connectivity index is 0.00000200. The summed E-state index contributed by atoms with van der Waals surface area (Å²) in [5, 5.41) is 12.9. The Kier molecular flexibility index (Phi) is 6.82. The van der Waals surface area contributed by atoms with Crippen molar-refractivity contribution >= 4 is 24.0 Å². The van der Waals surface area contributed by atoms with Gasteiger partial charge < -0.3 is 16.2 Å². The molecule has 1 unspecified atom stereocenters. The summed E-state index contributed by atoms with van der Waals surface area (Å²) in [7, 11) is 0. The van der Waals surface area contributed by atoms with E-state index in [0.717, 1.165) is 12.8 Å². The number of amides is 1.